The Labute approximate surface area is 143 Å². The Morgan fingerprint density at radius 2 is 1.79 bits per heavy atom. The minimum atomic E-state index is -0.309. The van der Waals surface area contributed by atoms with Crippen molar-refractivity contribution in [2.24, 2.45) is 0 Å². The van der Waals surface area contributed by atoms with Crippen LogP contribution in [-0.4, -0.2) is 30.8 Å². The standard InChI is InChI=1S/C19H25N3O2/c1-3-16(14-23)20-19(24)21-17-11-7-8-12-18(17)22(2)13-15-9-5-4-6-10-15/h4-12,16,23H,3,13-14H2,1-2H3,(H2,20,21,24). The van der Waals surface area contributed by atoms with Crippen LogP contribution >= 0.6 is 0 Å². The zero-order valence-electron chi connectivity index (χ0n) is 14.2. The van der Waals surface area contributed by atoms with Crippen molar-refractivity contribution in [3.8, 4) is 0 Å². The maximum atomic E-state index is 12.1. The maximum Gasteiger partial charge on any atom is 0.319 e. The third kappa shape index (κ3) is 4.99. The highest BCUT2D eigenvalue weighted by Crippen LogP contribution is 2.25. The Hall–Kier alpha value is -2.53. The number of amides is 2. The summed E-state index contributed by atoms with van der Waals surface area (Å²) in [7, 11) is 1.99. The zero-order valence-corrected chi connectivity index (χ0v) is 14.2. The van der Waals surface area contributed by atoms with E-state index in [1.54, 1.807) is 0 Å². The third-order valence-corrected chi connectivity index (χ3v) is 3.87. The molecule has 2 aromatic carbocycles. The van der Waals surface area contributed by atoms with Crippen LogP contribution in [0.4, 0.5) is 16.2 Å². The number of hydrogen-bond acceptors (Lipinski definition) is 3. The molecule has 2 rings (SSSR count). The monoisotopic (exact) mass is 327 g/mol. The highest BCUT2D eigenvalue weighted by Gasteiger charge is 2.13. The van der Waals surface area contributed by atoms with E-state index in [0.29, 0.717) is 6.42 Å². The Balaban J connectivity index is 2.08. The molecule has 3 N–H and O–H groups in total. The lowest BCUT2D eigenvalue weighted by Crippen LogP contribution is -2.40. The maximum absolute atomic E-state index is 12.1. The summed E-state index contributed by atoms with van der Waals surface area (Å²) in [6, 6.07) is 17.3. The van der Waals surface area contributed by atoms with E-state index in [1.165, 1.54) is 5.56 Å². The lowest BCUT2D eigenvalue weighted by molar-refractivity contribution is 0.222. The Kier molecular flexibility index (Phi) is 6.63. The Morgan fingerprint density at radius 3 is 2.46 bits per heavy atom. The van der Waals surface area contributed by atoms with Crippen molar-refractivity contribution >= 4 is 17.4 Å². The van der Waals surface area contributed by atoms with Gasteiger partial charge in [0.15, 0.2) is 0 Å². The topological polar surface area (TPSA) is 64.6 Å². The zero-order chi connectivity index (χ0) is 17.4. The van der Waals surface area contributed by atoms with Crippen LogP contribution in [0.3, 0.4) is 0 Å². The molecule has 5 nitrogen and oxygen atoms in total. The first-order valence-corrected chi connectivity index (χ1v) is 8.16. The van der Waals surface area contributed by atoms with Gasteiger partial charge in [0.05, 0.1) is 24.0 Å². The van der Waals surface area contributed by atoms with Gasteiger partial charge in [-0.25, -0.2) is 4.79 Å². The summed E-state index contributed by atoms with van der Waals surface area (Å²) < 4.78 is 0. The summed E-state index contributed by atoms with van der Waals surface area (Å²) in [5.41, 5.74) is 2.88. The molecule has 0 saturated carbocycles. The first-order valence-electron chi connectivity index (χ1n) is 8.16. The molecule has 0 spiro atoms. The number of anilines is 2. The van der Waals surface area contributed by atoms with Gasteiger partial charge in [-0.3, -0.25) is 0 Å². The van der Waals surface area contributed by atoms with Crippen LogP contribution in [0.2, 0.25) is 0 Å². The van der Waals surface area contributed by atoms with Gasteiger partial charge in [0.25, 0.3) is 0 Å². The predicted molar refractivity (Wildman–Crippen MR) is 98.3 cm³/mol. The molecule has 24 heavy (non-hydrogen) atoms. The van der Waals surface area contributed by atoms with Crippen molar-refractivity contribution in [2.45, 2.75) is 25.9 Å². The van der Waals surface area contributed by atoms with Crippen molar-refractivity contribution in [3.05, 3.63) is 60.2 Å². The number of aliphatic hydroxyl groups is 1. The minimum Gasteiger partial charge on any atom is -0.394 e. The van der Waals surface area contributed by atoms with Crippen molar-refractivity contribution in [1.82, 2.24) is 5.32 Å². The molecule has 2 amide bonds. The van der Waals surface area contributed by atoms with E-state index in [9.17, 15) is 9.90 Å². The van der Waals surface area contributed by atoms with Crippen LogP contribution in [0.15, 0.2) is 54.6 Å². The van der Waals surface area contributed by atoms with Gasteiger partial charge in [0, 0.05) is 13.6 Å². The molecular weight excluding hydrogens is 302 g/mol. The number of urea groups is 1. The molecule has 1 atom stereocenters. The lowest BCUT2D eigenvalue weighted by Gasteiger charge is -2.23. The number of rotatable bonds is 7. The Bertz CT molecular complexity index is 642. The largest absolute Gasteiger partial charge is 0.394 e. The summed E-state index contributed by atoms with van der Waals surface area (Å²) in [4.78, 5) is 14.2. The van der Waals surface area contributed by atoms with Gasteiger partial charge in [-0.15, -0.1) is 0 Å². The molecule has 0 aliphatic carbocycles. The summed E-state index contributed by atoms with van der Waals surface area (Å²) in [6.45, 7) is 2.59. The molecule has 128 valence electrons. The van der Waals surface area contributed by atoms with Crippen LogP contribution in [0.1, 0.15) is 18.9 Å². The molecule has 0 aliphatic heterocycles. The third-order valence-electron chi connectivity index (χ3n) is 3.87. The summed E-state index contributed by atoms with van der Waals surface area (Å²) >= 11 is 0. The highest BCUT2D eigenvalue weighted by atomic mass is 16.3. The molecule has 0 radical (unpaired) electrons. The fourth-order valence-electron chi connectivity index (χ4n) is 2.48. The number of carbonyl (C=O) groups excluding carboxylic acids is 1. The smallest absolute Gasteiger partial charge is 0.319 e. The van der Waals surface area contributed by atoms with Crippen LogP contribution in [0.5, 0.6) is 0 Å². The van der Waals surface area contributed by atoms with Crippen LogP contribution in [0, 0.1) is 0 Å². The fraction of sp³-hybridized carbons (Fsp3) is 0.316. The first-order chi connectivity index (χ1) is 11.6. The van der Waals surface area contributed by atoms with Crippen molar-refractivity contribution in [2.75, 3.05) is 23.9 Å². The van der Waals surface area contributed by atoms with E-state index in [4.69, 9.17) is 0 Å². The molecule has 0 aromatic heterocycles. The lowest BCUT2D eigenvalue weighted by atomic mass is 10.2. The first kappa shape index (κ1) is 17.8. The van der Waals surface area contributed by atoms with E-state index in [1.807, 2.05) is 56.4 Å². The van der Waals surface area contributed by atoms with Gasteiger partial charge >= 0.3 is 6.03 Å². The molecule has 0 heterocycles. The molecule has 0 aliphatic rings. The normalized spacial score (nSPS) is 11.6. The minimum absolute atomic E-state index is 0.0700. The van der Waals surface area contributed by atoms with E-state index in [0.717, 1.165) is 17.9 Å². The average molecular weight is 327 g/mol. The molecule has 0 fully saturated rings. The molecule has 0 bridgehead atoms. The van der Waals surface area contributed by atoms with Crippen LogP contribution < -0.4 is 15.5 Å². The summed E-state index contributed by atoms with van der Waals surface area (Å²) in [5.74, 6) is 0. The number of nitrogens with one attached hydrogen (secondary N) is 2. The number of hydrogen-bond donors (Lipinski definition) is 3. The highest BCUT2D eigenvalue weighted by molar-refractivity contribution is 5.93. The van der Waals surface area contributed by atoms with Crippen molar-refractivity contribution in [1.29, 1.82) is 0 Å². The van der Waals surface area contributed by atoms with Gasteiger partial charge in [-0.2, -0.15) is 0 Å². The number of benzene rings is 2. The second kappa shape index (κ2) is 8.93. The second-order valence-corrected chi connectivity index (χ2v) is 5.75. The molecule has 0 saturated heterocycles. The van der Waals surface area contributed by atoms with E-state index in [2.05, 4.69) is 27.7 Å². The van der Waals surface area contributed by atoms with Gasteiger partial charge in [0.2, 0.25) is 0 Å². The summed E-state index contributed by atoms with van der Waals surface area (Å²) in [5, 5.41) is 14.8. The SMILES string of the molecule is CCC(CO)NC(=O)Nc1ccccc1N(C)Cc1ccccc1. The van der Waals surface area contributed by atoms with Crippen molar-refractivity contribution < 1.29 is 9.90 Å². The molecule has 5 heteroatoms. The molecule has 1 unspecified atom stereocenters. The van der Waals surface area contributed by atoms with E-state index in [-0.39, 0.29) is 18.7 Å². The fourth-order valence-corrected chi connectivity index (χ4v) is 2.48. The summed E-state index contributed by atoms with van der Waals surface area (Å²) in [6.07, 6.45) is 0.680. The molecule has 2 aromatic rings. The Morgan fingerprint density at radius 1 is 1.12 bits per heavy atom. The van der Waals surface area contributed by atoms with Gasteiger partial charge < -0.3 is 20.6 Å². The van der Waals surface area contributed by atoms with Crippen LogP contribution in [0.25, 0.3) is 0 Å². The van der Waals surface area contributed by atoms with Gasteiger partial charge in [0.1, 0.15) is 0 Å². The number of carbonyl (C=O) groups is 1. The average Bonchev–Trinajstić information content (AvgIpc) is 2.61. The van der Waals surface area contributed by atoms with E-state index < -0.39 is 0 Å². The predicted octanol–water partition coefficient (Wildman–Crippen LogP) is 3.22. The quantitative estimate of drug-likeness (QED) is 0.731. The van der Waals surface area contributed by atoms with Gasteiger partial charge in [-0.05, 0) is 24.1 Å². The number of aliphatic hydroxyl groups excluding tert-OH is 1. The van der Waals surface area contributed by atoms with Gasteiger partial charge in [-0.1, -0.05) is 49.4 Å². The van der Waals surface area contributed by atoms with Crippen molar-refractivity contribution in [3.63, 3.8) is 0 Å². The molecular formula is C19H25N3O2. The van der Waals surface area contributed by atoms with E-state index >= 15 is 0 Å². The van der Waals surface area contributed by atoms with Crippen LogP contribution in [-0.2, 0) is 6.54 Å². The second-order valence-electron chi connectivity index (χ2n) is 5.75. The number of nitrogens with zero attached hydrogens (tertiary/aromatic N) is 1. The number of para-hydroxylation sites is 2.